The zero-order valence-corrected chi connectivity index (χ0v) is 10.0. The number of hydrogen-bond acceptors (Lipinski definition) is 3. The van der Waals surface area contributed by atoms with Crippen LogP contribution in [0.15, 0.2) is 18.2 Å². The van der Waals surface area contributed by atoms with E-state index >= 15 is 0 Å². The quantitative estimate of drug-likeness (QED) is 0.764. The minimum atomic E-state index is -0.514. The summed E-state index contributed by atoms with van der Waals surface area (Å²) in [5, 5.41) is 0. The SMILES string of the molecule is CN1CC(=O)N(Cc2ccc(N)c(F)c2)CC1=O. The number of likely N-dealkylation sites (N-methyl/N-ethyl adjacent to an activating group) is 1. The van der Waals surface area contributed by atoms with Gasteiger partial charge in [0.05, 0.1) is 12.2 Å². The van der Waals surface area contributed by atoms with Crippen LogP contribution in [-0.4, -0.2) is 41.8 Å². The molecule has 6 heteroatoms. The van der Waals surface area contributed by atoms with Crippen LogP contribution < -0.4 is 5.73 Å². The van der Waals surface area contributed by atoms with Crippen LogP contribution >= 0.6 is 0 Å². The fraction of sp³-hybridized carbons (Fsp3) is 0.333. The maximum Gasteiger partial charge on any atom is 0.242 e. The van der Waals surface area contributed by atoms with Crippen molar-refractivity contribution in [3.05, 3.63) is 29.6 Å². The summed E-state index contributed by atoms with van der Waals surface area (Å²) in [7, 11) is 1.58. The van der Waals surface area contributed by atoms with E-state index in [9.17, 15) is 14.0 Å². The molecule has 0 saturated carbocycles. The Morgan fingerprint density at radius 2 is 2.00 bits per heavy atom. The second-order valence-electron chi connectivity index (χ2n) is 4.36. The Balaban J connectivity index is 2.11. The van der Waals surface area contributed by atoms with Crippen LogP contribution in [-0.2, 0) is 16.1 Å². The molecule has 0 radical (unpaired) electrons. The molecule has 1 aliphatic rings. The van der Waals surface area contributed by atoms with Crippen LogP contribution in [0.5, 0.6) is 0 Å². The maximum atomic E-state index is 13.3. The third kappa shape index (κ3) is 2.42. The fourth-order valence-electron chi connectivity index (χ4n) is 1.80. The lowest BCUT2D eigenvalue weighted by atomic mass is 10.1. The predicted octanol–water partition coefficient (Wildman–Crippen LogP) is 0.208. The van der Waals surface area contributed by atoms with Crippen molar-refractivity contribution in [3.63, 3.8) is 0 Å². The van der Waals surface area contributed by atoms with Crippen molar-refractivity contribution < 1.29 is 14.0 Å². The highest BCUT2D eigenvalue weighted by Gasteiger charge is 2.27. The molecular formula is C12H14FN3O2. The molecule has 0 aliphatic carbocycles. The van der Waals surface area contributed by atoms with Crippen LogP contribution in [0.25, 0.3) is 0 Å². The van der Waals surface area contributed by atoms with Crippen molar-refractivity contribution in [2.45, 2.75) is 6.54 Å². The highest BCUT2D eigenvalue weighted by Crippen LogP contribution is 2.15. The first-order valence-electron chi connectivity index (χ1n) is 5.53. The van der Waals surface area contributed by atoms with E-state index in [1.165, 1.54) is 21.9 Å². The summed E-state index contributed by atoms with van der Waals surface area (Å²) in [6.45, 7) is 0.313. The molecule has 1 heterocycles. The smallest absolute Gasteiger partial charge is 0.242 e. The Hall–Kier alpha value is -2.11. The molecule has 0 unspecified atom stereocenters. The molecule has 96 valence electrons. The lowest BCUT2D eigenvalue weighted by Gasteiger charge is -2.31. The zero-order valence-electron chi connectivity index (χ0n) is 10.0. The summed E-state index contributed by atoms with van der Waals surface area (Å²) < 4.78 is 13.3. The van der Waals surface area contributed by atoms with Crippen LogP contribution in [0.3, 0.4) is 0 Å². The molecule has 0 spiro atoms. The van der Waals surface area contributed by atoms with Gasteiger partial charge < -0.3 is 15.5 Å². The zero-order chi connectivity index (χ0) is 13.3. The van der Waals surface area contributed by atoms with Crippen molar-refractivity contribution in [2.24, 2.45) is 0 Å². The van der Waals surface area contributed by atoms with Crippen molar-refractivity contribution in [3.8, 4) is 0 Å². The number of nitrogens with two attached hydrogens (primary N) is 1. The normalized spacial score (nSPS) is 16.3. The molecule has 18 heavy (non-hydrogen) atoms. The number of benzene rings is 1. The lowest BCUT2D eigenvalue weighted by molar-refractivity contribution is -0.149. The number of nitrogen functional groups attached to an aromatic ring is 1. The Bertz CT molecular complexity index is 504. The van der Waals surface area contributed by atoms with E-state index in [1.54, 1.807) is 13.1 Å². The van der Waals surface area contributed by atoms with E-state index < -0.39 is 5.82 Å². The van der Waals surface area contributed by atoms with Crippen molar-refractivity contribution in [1.82, 2.24) is 9.80 Å². The molecule has 1 aromatic carbocycles. The van der Waals surface area contributed by atoms with Gasteiger partial charge in [-0.15, -0.1) is 0 Å². The van der Waals surface area contributed by atoms with Gasteiger partial charge in [0.2, 0.25) is 11.8 Å². The molecule has 1 fully saturated rings. The van der Waals surface area contributed by atoms with Crippen LogP contribution in [0.2, 0.25) is 0 Å². The summed E-state index contributed by atoms with van der Waals surface area (Å²) in [6.07, 6.45) is 0. The number of piperazine rings is 1. The van der Waals surface area contributed by atoms with E-state index in [0.717, 1.165) is 0 Å². The monoisotopic (exact) mass is 251 g/mol. The average Bonchev–Trinajstić information content (AvgIpc) is 2.31. The third-order valence-corrected chi connectivity index (χ3v) is 2.92. The molecular weight excluding hydrogens is 237 g/mol. The van der Waals surface area contributed by atoms with Gasteiger partial charge in [-0.25, -0.2) is 4.39 Å². The van der Waals surface area contributed by atoms with E-state index in [1.807, 2.05) is 0 Å². The minimum absolute atomic E-state index is 0.0291. The Morgan fingerprint density at radius 3 is 2.67 bits per heavy atom. The second kappa shape index (κ2) is 4.64. The first kappa shape index (κ1) is 12.3. The van der Waals surface area contributed by atoms with Gasteiger partial charge in [0, 0.05) is 13.6 Å². The first-order valence-corrected chi connectivity index (χ1v) is 5.53. The number of carbonyl (C=O) groups excluding carboxylic acids is 2. The summed E-state index contributed by atoms with van der Waals surface area (Å²) in [5.41, 5.74) is 6.06. The number of rotatable bonds is 2. The van der Waals surface area contributed by atoms with E-state index in [2.05, 4.69) is 0 Å². The lowest BCUT2D eigenvalue weighted by Crippen LogP contribution is -2.51. The highest BCUT2D eigenvalue weighted by molar-refractivity contribution is 5.92. The Labute approximate surface area is 104 Å². The van der Waals surface area contributed by atoms with E-state index in [4.69, 9.17) is 5.73 Å². The van der Waals surface area contributed by atoms with Crippen molar-refractivity contribution in [1.29, 1.82) is 0 Å². The molecule has 0 aromatic heterocycles. The predicted molar refractivity (Wildman–Crippen MR) is 63.9 cm³/mol. The van der Waals surface area contributed by atoms with Gasteiger partial charge in [-0.3, -0.25) is 9.59 Å². The number of anilines is 1. The standard InChI is InChI=1S/C12H14FN3O2/c1-15-6-12(18)16(7-11(15)17)5-8-2-3-10(14)9(13)4-8/h2-4H,5-7,14H2,1H3. The topological polar surface area (TPSA) is 66.6 Å². The molecule has 1 saturated heterocycles. The van der Waals surface area contributed by atoms with Gasteiger partial charge in [0.25, 0.3) is 0 Å². The van der Waals surface area contributed by atoms with Crippen molar-refractivity contribution in [2.75, 3.05) is 25.9 Å². The number of amides is 2. The highest BCUT2D eigenvalue weighted by atomic mass is 19.1. The first-order chi connectivity index (χ1) is 8.47. The number of halogens is 1. The third-order valence-electron chi connectivity index (χ3n) is 2.92. The van der Waals surface area contributed by atoms with Crippen LogP contribution in [0.4, 0.5) is 10.1 Å². The molecule has 1 aliphatic heterocycles. The maximum absolute atomic E-state index is 13.3. The molecule has 0 atom stereocenters. The summed E-state index contributed by atoms with van der Waals surface area (Å²) in [4.78, 5) is 26.0. The molecule has 2 amide bonds. The van der Waals surface area contributed by atoms with Gasteiger partial charge in [-0.2, -0.15) is 0 Å². The van der Waals surface area contributed by atoms with E-state index in [-0.39, 0.29) is 37.1 Å². The second-order valence-corrected chi connectivity index (χ2v) is 4.36. The van der Waals surface area contributed by atoms with Crippen molar-refractivity contribution >= 4 is 17.5 Å². The van der Waals surface area contributed by atoms with Crippen LogP contribution in [0, 0.1) is 5.82 Å². The molecule has 5 nitrogen and oxygen atoms in total. The fourth-order valence-corrected chi connectivity index (χ4v) is 1.80. The number of hydrogen-bond donors (Lipinski definition) is 1. The van der Waals surface area contributed by atoms with E-state index in [0.29, 0.717) is 5.56 Å². The van der Waals surface area contributed by atoms with Gasteiger partial charge in [0.15, 0.2) is 0 Å². The number of nitrogens with zero attached hydrogens (tertiary/aromatic N) is 2. The minimum Gasteiger partial charge on any atom is -0.396 e. The molecule has 1 aromatic rings. The molecule has 2 N–H and O–H groups in total. The Morgan fingerprint density at radius 1 is 1.28 bits per heavy atom. The van der Waals surface area contributed by atoms with Crippen LogP contribution in [0.1, 0.15) is 5.56 Å². The Kier molecular flexibility index (Phi) is 3.18. The summed E-state index contributed by atoms with van der Waals surface area (Å²) in [6, 6.07) is 4.38. The van der Waals surface area contributed by atoms with Gasteiger partial charge in [-0.1, -0.05) is 6.07 Å². The van der Waals surface area contributed by atoms with Gasteiger partial charge in [0.1, 0.15) is 12.4 Å². The largest absolute Gasteiger partial charge is 0.396 e. The van der Waals surface area contributed by atoms with Gasteiger partial charge in [-0.05, 0) is 17.7 Å². The molecule has 0 bridgehead atoms. The summed E-state index contributed by atoms with van der Waals surface area (Å²) in [5.74, 6) is -0.778. The number of carbonyl (C=O) groups is 2. The summed E-state index contributed by atoms with van der Waals surface area (Å²) >= 11 is 0. The van der Waals surface area contributed by atoms with Gasteiger partial charge >= 0.3 is 0 Å². The molecule has 2 rings (SSSR count). The average molecular weight is 251 g/mol.